The summed E-state index contributed by atoms with van der Waals surface area (Å²) < 4.78 is 7.21. The van der Waals surface area contributed by atoms with Crippen LogP contribution in [0.2, 0.25) is 0 Å². The molecule has 1 aromatic carbocycles. The minimum atomic E-state index is -1.04. The second-order valence-electron chi connectivity index (χ2n) is 8.58. The minimum absolute atomic E-state index is 0.259. The molecule has 0 unspecified atom stereocenters. The van der Waals surface area contributed by atoms with Crippen LogP contribution >= 0.6 is 11.3 Å². The van der Waals surface area contributed by atoms with Crippen LogP contribution in [0.5, 0.6) is 5.75 Å². The maximum atomic E-state index is 13.4. The van der Waals surface area contributed by atoms with Crippen molar-refractivity contribution >= 4 is 29.1 Å². The number of urea groups is 1. The molecule has 7 nitrogen and oxygen atoms in total. The second-order valence-corrected chi connectivity index (χ2v) is 9.58. The molecule has 3 heterocycles. The number of methoxy groups -OCH3 is 1. The number of nitrogens with zero attached hydrogens (tertiary/aromatic N) is 2. The van der Waals surface area contributed by atoms with Gasteiger partial charge in [-0.25, -0.2) is 4.79 Å². The van der Waals surface area contributed by atoms with Gasteiger partial charge in [0, 0.05) is 33.1 Å². The average Bonchev–Trinajstić information content (AvgIpc) is 3.47. The first-order valence-electron chi connectivity index (χ1n) is 10.9. The molecular weight excluding hydrogens is 438 g/mol. The Morgan fingerprint density at radius 1 is 1.18 bits per heavy atom. The van der Waals surface area contributed by atoms with Gasteiger partial charge in [0.1, 0.15) is 11.3 Å². The van der Waals surface area contributed by atoms with E-state index in [1.54, 1.807) is 18.4 Å². The third-order valence-corrected chi connectivity index (χ3v) is 7.68. The van der Waals surface area contributed by atoms with Crippen molar-refractivity contribution in [1.82, 2.24) is 14.8 Å². The number of hydrogen-bond donors (Lipinski definition) is 1. The van der Waals surface area contributed by atoms with E-state index in [2.05, 4.69) is 5.32 Å². The van der Waals surface area contributed by atoms with Crippen LogP contribution in [0, 0.1) is 13.8 Å². The van der Waals surface area contributed by atoms with E-state index in [1.165, 1.54) is 0 Å². The number of benzene rings is 1. The summed E-state index contributed by atoms with van der Waals surface area (Å²) in [6, 6.07) is 10.8. The van der Waals surface area contributed by atoms with E-state index in [4.69, 9.17) is 4.74 Å². The number of carbonyl (C=O) groups is 3. The Balaban J connectivity index is 1.42. The van der Waals surface area contributed by atoms with Crippen LogP contribution in [0.3, 0.4) is 0 Å². The summed E-state index contributed by atoms with van der Waals surface area (Å²) in [6.45, 7) is 3.52. The lowest BCUT2D eigenvalue weighted by atomic mass is 9.80. The number of rotatable bonds is 5. The molecule has 2 aliphatic rings. The number of fused-ring (bicyclic) bond motifs is 2. The number of thiophene rings is 1. The van der Waals surface area contributed by atoms with Gasteiger partial charge in [-0.2, -0.15) is 0 Å². The molecule has 170 valence electrons. The molecule has 1 spiro atoms. The molecule has 0 radical (unpaired) electrons. The SMILES string of the molecule is COc1ccc(-n2c(C)cc(C(=O)CN3C(=O)N[C@]4(CCCc5sccc54)C3=O)c2C)cc1. The highest BCUT2D eigenvalue weighted by Crippen LogP contribution is 2.42. The van der Waals surface area contributed by atoms with Gasteiger partial charge < -0.3 is 14.6 Å². The van der Waals surface area contributed by atoms with Crippen molar-refractivity contribution in [2.75, 3.05) is 13.7 Å². The summed E-state index contributed by atoms with van der Waals surface area (Å²) >= 11 is 1.61. The lowest BCUT2D eigenvalue weighted by Crippen LogP contribution is -2.46. The Labute approximate surface area is 196 Å². The molecule has 3 amide bonds. The van der Waals surface area contributed by atoms with Crippen molar-refractivity contribution in [3.05, 3.63) is 69.2 Å². The van der Waals surface area contributed by atoms with Crippen molar-refractivity contribution in [3.8, 4) is 11.4 Å². The lowest BCUT2D eigenvalue weighted by Gasteiger charge is -2.31. The molecule has 1 aliphatic heterocycles. The molecule has 2 aromatic heterocycles. The highest BCUT2D eigenvalue weighted by Gasteiger charge is 2.54. The first kappa shape index (κ1) is 21.5. The Morgan fingerprint density at radius 2 is 1.94 bits per heavy atom. The zero-order chi connectivity index (χ0) is 23.3. The van der Waals surface area contributed by atoms with Gasteiger partial charge in [-0.1, -0.05) is 0 Å². The van der Waals surface area contributed by atoms with Crippen LogP contribution in [0.1, 0.15) is 45.0 Å². The van der Waals surface area contributed by atoms with Crippen LogP contribution in [0.15, 0.2) is 41.8 Å². The molecule has 1 N–H and O–H groups in total. The van der Waals surface area contributed by atoms with Gasteiger partial charge in [0.05, 0.1) is 13.7 Å². The van der Waals surface area contributed by atoms with Crippen molar-refractivity contribution in [3.63, 3.8) is 0 Å². The molecule has 1 saturated heterocycles. The summed E-state index contributed by atoms with van der Waals surface area (Å²) in [6.07, 6.45) is 2.29. The fourth-order valence-electron chi connectivity index (χ4n) is 5.09. The first-order valence-corrected chi connectivity index (χ1v) is 11.8. The number of imide groups is 1. The number of aromatic nitrogens is 1. The Hall–Kier alpha value is -3.39. The predicted molar refractivity (Wildman–Crippen MR) is 125 cm³/mol. The molecule has 0 bridgehead atoms. The summed E-state index contributed by atoms with van der Waals surface area (Å²) in [7, 11) is 1.62. The summed E-state index contributed by atoms with van der Waals surface area (Å²) in [5, 5.41) is 4.87. The molecule has 8 heteroatoms. The van der Waals surface area contributed by atoms with E-state index in [0.717, 1.165) is 51.0 Å². The number of aryl methyl sites for hydroxylation is 2. The van der Waals surface area contributed by atoms with Crippen LogP contribution in [-0.2, 0) is 16.8 Å². The van der Waals surface area contributed by atoms with Gasteiger partial charge in [-0.3, -0.25) is 14.5 Å². The van der Waals surface area contributed by atoms with Crippen LogP contribution in [0.25, 0.3) is 5.69 Å². The third kappa shape index (κ3) is 3.28. The number of hydrogen-bond acceptors (Lipinski definition) is 5. The van der Waals surface area contributed by atoms with Gasteiger partial charge in [-0.15, -0.1) is 11.3 Å². The average molecular weight is 464 g/mol. The molecule has 1 fully saturated rings. The van der Waals surface area contributed by atoms with Crippen molar-refractivity contribution in [2.45, 2.75) is 38.6 Å². The number of Topliss-reactive ketones (excluding diaryl/α,β-unsaturated/α-hetero) is 1. The molecular formula is C25H25N3O4S. The lowest BCUT2D eigenvalue weighted by molar-refractivity contribution is -0.131. The van der Waals surface area contributed by atoms with Crippen LogP contribution < -0.4 is 10.1 Å². The van der Waals surface area contributed by atoms with E-state index in [1.807, 2.05) is 60.2 Å². The van der Waals surface area contributed by atoms with E-state index in [9.17, 15) is 14.4 Å². The number of nitrogens with one attached hydrogen (secondary N) is 1. The Kier molecular flexibility index (Phi) is 5.12. The van der Waals surface area contributed by atoms with Crippen molar-refractivity contribution in [2.24, 2.45) is 0 Å². The quantitative estimate of drug-likeness (QED) is 0.456. The van der Waals surface area contributed by atoms with E-state index >= 15 is 0 Å². The summed E-state index contributed by atoms with van der Waals surface area (Å²) in [5.74, 6) is 0.162. The first-order chi connectivity index (χ1) is 15.9. The Morgan fingerprint density at radius 3 is 2.67 bits per heavy atom. The number of amides is 3. The van der Waals surface area contributed by atoms with Crippen LogP contribution in [-0.4, -0.2) is 40.8 Å². The topological polar surface area (TPSA) is 80.6 Å². The van der Waals surface area contributed by atoms with E-state index < -0.39 is 11.6 Å². The maximum Gasteiger partial charge on any atom is 0.325 e. The summed E-state index contributed by atoms with van der Waals surface area (Å²) in [4.78, 5) is 41.7. The van der Waals surface area contributed by atoms with Gasteiger partial charge in [0.15, 0.2) is 5.78 Å². The highest BCUT2D eigenvalue weighted by molar-refractivity contribution is 7.10. The summed E-state index contributed by atoms with van der Waals surface area (Å²) in [5.41, 5.74) is 2.91. The fourth-order valence-corrected chi connectivity index (χ4v) is 6.09. The zero-order valence-electron chi connectivity index (χ0n) is 18.8. The molecule has 3 aromatic rings. The molecule has 1 aliphatic carbocycles. The van der Waals surface area contributed by atoms with Gasteiger partial charge >= 0.3 is 6.03 Å². The van der Waals surface area contributed by atoms with Crippen LogP contribution in [0.4, 0.5) is 4.79 Å². The monoisotopic (exact) mass is 463 g/mol. The standard InChI is InChI=1S/C25H25N3O4S/c1-15-13-19(16(2)28(15)17-6-8-18(32-3)9-7-17)21(29)14-27-23(30)25(26-24(27)31)11-4-5-22-20(25)10-12-33-22/h6-10,12-13H,4-5,11,14H2,1-3H3,(H,26,31)/t25-/m0/s1. The van der Waals surface area contributed by atoms with Gasteiger partial charge in [-0.05, 0) is 74.9 Å². The van der Waals surface area contributed by atoms with Crippen molar-refractivity contribution < 1.29 is 19.1 Å². The second kappa shape index (κ2) is 7.88. The fraction of sp³-hybridized carbons (Fsp3) is 0.320. The molecule has 33 heavy (non-hydrogen) atoms. The minimum Gasteiger partial charge on any atom is -0.497 e. The smallest absolute Gasteiger partial charge is 0.325 e. The Bertz CT molecular complexity index is 1270. The molecule has 5 rings (SSSR count). The highest BCUT2D eigenvalue weighted by atomic mass is 32.1. The van der Waals surface area contributed by atoms with Gasteiger partial charge in [0.2, 0.25) is 0 Å². The van der Waals surface area contributed by atoms with E-state index in [-0.39, 0.29) is 18.2 Å². The third-order valence-electron chi connectivity index (χ3n) is 6.70. The number of ether oxygens (including phenoxy) is 1. The van der Waals surface area contributed by atoms with E-state index in [0.29, 0.717) is 12.0 Å². The largest absolute Gasteiger partial charge is 0.497 e. The van der Waals surface area contributed by atoms with Crippen molar-refractivity contribution in [1.29, 1.82) is 0 Å². The molecule has 0 saturated carbocycles. The normalized spacial score (nSPS) is 19.7. The maximum absolute atomic E-state index is 13.4. The number of carbonyl (C=O) groups excluding carboxylic acids is 3. The van der Waals surface area contributed by atoms with Gasteiger partial charge in [0.25, 0.3) is 5.91 Å². The molecule has 1 atom stereocenters. The zero-order valence-corrected chi connectivity index (χ0v) is 19.6. The predicted octanol–water partition coefficient (Wildman–Crippen LogP) is 4.13. The number of ketones is 1.